The Morgan fingerprint density at radius 3 is 2.60 bits per heavy atom. The topological polar surface area (TPSA) is 41.6 Å². The highest BCUT2D eigenvalue weighted by Crippen LogP contribution is 2.24. The van der Waals surface area contributed by atoms with Crippen LogP contribution in [0.4, 0.5) is 14.5 Å². The lowest BCUT2D eigenvalue weighted by Gasteiger charge is -2.24. The van der Waals surface area contributed by atoms with Gasteiger partial charge in [0.05, 0.1) is 18.8 Å². The molecule has 0 saturated carbocycles. The van der Waals surface area contributed by atoms with E-state index in [0.717, 1.165) is 12.1 Å². The number of hydrogen-bond donors (Lipinski definition) is 1. The van der Waals surface area contributed by atoms with E-state index in [1.165, 1.54) is 6.07 Å². The molecule has 4 nitrogen and oxygen atoms in total. The minimum absolute atomic E-state index is 0.0978. The molecule has 1 amide bonds. The van der Waals surface area contributed by atoms with Gasteiger partial charge in [0.25, 0.3) is 0 Å². The van der Waals surface area contributed by atoms with E-state index in [1.54, 1.807) is 24.1 Å². The van der Waals surface area contributed by atoms with Crippen LogP contribution in [0.25, 0.3) is 0 Å². The van der Waals surface area contributed by atoms with Gasteiger partial charge in [-0.1, -0.05) is 18.2 Å². The summed E-state index contributed by atoms with van der Waals surface area (Å²) in [7, 11) is 1.75. The summed E-state index contributed by atoms with van der Waals surface area (Å²) in [5.41, 5.74) is 1.20. The van der Waals surface area contributed by atoms with Gasteiger partial charge in [-0.05, 0) is 50.7 Å². The lowest BCUT2D eigenvalue weighted by atomic mass is 10.1. The Morgan fingerprint density at radius 1 is 1.20 bits per heavy atom. The molecule has 2 aromatic carbocycles. The van der Waals surface area contributed by atoms with E-state index in [2.05, 4.69) is 5.32 Å². The average Bonchev–Trinajstić information content (AvgIpc) is 2.58. The molecule has 134 valence electrons. The highest BCUT2D eigenvalue weighted by atomic mass is 19.2. The van der Waals surface area contributed by atoms with Crippen molar-refractivity contribution in [3.63, 3.8) is 0 Å². The number of likely N-dealkylation sites (N-methyl/N-ethyl adjacent to an activating group) is 1. The second-order valence-electron chi connectivity index (χ2n) is 5.74. The van der Waals surface area contributed by atoms with Gasteiger partial charge in [0.1, 0.15) is 5.75 Å². The van der Waals surface area contributed by atoms with E-state index in [0.29, 0.717) is 23.6 Å². The molecule has 0 saturated heterocycles. The summed E-state index contributed by atoms with van der Waals surface area (Å²) in [6, 6.07) is 10.7. The molecule has 2 rings (SSSR count). The molecule has 1 N–H and O–H groups in total. The molecule has 25 heavy (non-hydrogen) atoms. The maximum Gasteiger partial charge on any atom is 0.238 e. The monoisotopic (exact) mass is 348 g/mol. The Morgan fingerprint density at radius 2 is 1.92 bits per heavy atom. The Bertz CT molecular complexity index is 737. The van der Waals surface area contributed by atoms with Gasteiger partial charge >= 0.3 is 0 Å². The summed E-state index contributed by atoms with van der Waals surface area (Å²) < 4.78 is 31.9. The molecular formula is C19H22F2N2O2. The third kappa shape index (κ3) is 5.00. The number of hydrogen-bond acceptors (Lipinski definition) is 3. The summed E-state index contributed by atoms with van der Waals surface area (Å²) in [4.78, 5) is 14.0. The normalized spacial score (nSPS) is 12.1. The molecule has 0 bridgehead atoms. The number of benzene rings is 2. The van der Waals surface area contributed by atoms with E-state index < -0.39 is 11.6 Å². The molecule has 0 aromatic heterocycles. The molecule has 0 fully saturated rings. The molecule has 1 atom stereocenters. The van der Waals surface area contributed by atoms with E-state index in [9.17, 15) is 13.6 Å². The van der Waals surface area contributed by atoms with Crippen LogP contribution >= 0.6 is 0 Å². The number of rotatable bonds is 7. The van der Waals surface area contributed by atoms with Gasteiger partial charge < -0.3 is 10.1 Å². The van der Waals surface area contributed by atoms with Crippen LogP contribution in [0.2, 0.25) is 0 Å². The molecular weight excluding hydrogens is 326 g/mol. The first-order valence-corrected chi connectivity index (χ1v) is 8.09. The van der Waals surface area contributed by atoms with E-state index >= 15 is 0 Å². The highest BCUT2D eigenvalue weighted by molar-refractivity contribution is 5.93. The minimum Gasteiger partial charge on any atom is -0.492 e. The first kappa shape index (κ1) is 18.9. The van der Waals surface area contributed by atoms with Crippen molar-refractivity contribution in [2.75, 3.05) is 25.5 Å². The first-order valence-electron chi connectivity index (χ1n) is 8.09. The van der Waals surface area contributed by atoms with Crippen molar-refractivity contribution in [1.29, 1.82) is 0 Å². The van der Waals surface area contributed by atoms with Gasteiger partial charge in [0, 0.05) is 6.04 Å². The van der Waals surface area contributed by atoms with Gasteiger partial charge in [0.2, 0.25) is 5.91 Å². The van der Waals surface area contributed by atoms with Crippen molar-refractivity contribution in [2.45, 2.75) is 19.9 Å². The predicted octanol–water partition coefficient (Wildman–Crippen LogP) is 4.00. The SMILES string of the molecule is CCOc1ccccc1NC(=O)CN(C)C(C)c1ccc(F)c(F)c1. The van der Waals surface area contributed by atoms with E-state index in [4.69, 9.17) is 4.74 Å². The van der Waals surface area contributed by atoms with Crippen LogP contribution in [0.3, 0.4) is 0 Å². The summed E-state index contributed by atoms with van der Waals surface area (Å²) in [6.07, 6.45) is 0. The Kier molecular flexibility index (Phi) is 6.47. The molecule has 0 radical (unpaired) electrons. The fourth-order valence-electron chi connectivity index (χ4n) is 2.43. The van der Waals surface area contributed by atoms with Gasteiger partial charge in [-0.3, -0.25) is 9.69 Å². The fraction of sp³-hybridized carbons (Fsp3) is 0.316. The zero-order valence-electron chi connectivity index (χ0n) is 14.6. The molecule has 0 spiro atoms. The number of ether oxygens (including phenoxy) is 1. The van der Waals surface area contributed by atoms with Crippen molar-refractivity contribution < 1.29 is 18.3 Å². The summed E-state index contributed by atoms with van der Waals surface area (Å²) in [6.45, 7) is 4.30. The zero-order chi connectivity index (χ0) is 18.4. The highest BCUT2D eigenvalue weighted by Gasteiger charge is 2.17. The number of carbonyl (C=O) groups is 1. The van der Waals surface area contributed by atoms with Crippen LogP contribution in [0, 0.1) is 11.6 Å². The van der Waals surface area contributed by atoms with E-state index in [-0.39, 0.29) is 18.5 Å². The average molecular weight is 348 g/mol. The van der Waals surface area contributed by atoms with Crippen LogP contribution in [-0.4, -0.2) is 31.0 Å². The Balaban J connectivity index is 2.01. The number of halogens is 2. The Hall–Kier alpha value is -2.47. The van der Waals surface area contributed by atoms with Crippen molar-refractivity contribution in [3.05, 3.63) is 59.7 Å². The van der Waals surface area contributed by atoms with Gasteiger partial charge in [-0.2, -0.15) is 0 Å². The lowest BCUT2D eigenvalue weighted by molar-refractivity contribution is -0.117. The standard InChI is InChI=1S/C19H22F2N2O2/c1-4-25-18-8-6-5-7-17(18)22-19(24)12-23(3)13(2)14-9-10-15(20)16(21)11-14/h5-11,13H,4,12H2,1-3H3,(H,22,24). The maximum absolute atomic E-state index is 13.4. The summed E-state index contributed by atoms with van der Waals surface area (Å²) in [5, 5.41) is 2.81. The number of para-hydroxylation sites is 2. The van der Waals surface area contributed by atoms with Gasteiger partial charge in [-0.15, -0.1) is 0 Å². The minimum atomic E-state index is -0.896. The van der Waals surface area contributed by atoms with Crippen molar-refractivity contribution in [3.8, 4) is 5.75 Å². The summed E-state index contributed by atoms with van der Waals surface area (Å²) >= 11 is 0. The quantitative estimate of drug-likeness (QED) is 0.822. The van der Waals surface area contributed by atoms with Crippen molar-refractivity contribution in [2.24, 2.45) is 0 Å². The molecule has 2 aromatic rings. The largest absolute Gasteiger partial charge is 0.492 e. The number of nitrogens with zero attached hydrogens (tertiary/aromatic N) is 1. The Labute approximate surface area is 146 Å². The molecule has 0 aliphatic rings. The van der Waals surface area contributed by atoms with Crippen LogP contribution in [-0.2, 0) is 4.79 Å². The smallest absolute Gasteiger partial charge is 0.238 e. The molecule has 0 aliphatic heterocycles. The summed E-state index contributed by atoms with van der Waals surface area (Å²) in [5.74, 6) is -1.39. The van der Waals surface area contributed by atoms with Crippen LogP contribution in [0.15, 0.2) is 42.5 Å². The predicted molar refractivity (Wildman–Crippen MR) is 93.6 cm³/mol. The van der Waals surface area contributed by atoms with Crippen molar-refractivity contribution >= 4 is 11.6 Å². The second-order valence-corrected chi connectivity index (χ2v) is 5.74. The van der Waals surface area contributed by atoms with Crippen LogP contribution in [0.5, 0.6) is 5.75 Å². The van der Waals surface area contributed by atoms with Gasteiger partial charge in [-0.25, -0.2) is 8.78 Å². The number of carbonyl (C=O) groups excluding carboxylic acids is 1. The number of anilines is 1. The van der Waals surface area contributed by atoms with Crippen molar-refractivity contribution in [1.82, 2.24) is 4.90 Å². The lowest BCUT2D eigenvalue weighted by Crippen LogP contribution is -2.32. The third-order valence-electron chi connectivity index (χ3n) is 3.94. The second kappa shape index (κ2) is 8.58. The molecule has 6 heteroatoms. The third-order valence-corrected chi connectivity index (χ3v) is 3.94. The van der Waals surface area contributed by atoms with Crippen LogP contribution in [0.1, 0.15) is 25.5 Å². The molecule has 1 unspecified atom stereocenters. The fourth-order valence-corrected chi connectivity index (χ4v) is 2.43. The van der Waals surface area contributed by atoms with Gasteiger partial charge in [0.15, 0.2) is 11.6 Å². The molecule has 0 aliphatic carbocycles. The zero-order valence-corrected chi connectivity index (χ0v) is 14.6. The maximum atomic E-state index is 13.4. The molecule has 0 heterocycles. The number of amides is 1. The number of nitrogens with one attached hydrogen (secondary N) is 1. The van der Waals surface area contributed by atoms with E-state index in [1.807, 2.05) is 26.0 Å². The van der Waals surface area contributed by atoms with Crippen LogP contribution < -0.4 is 10.1 Å². The first-order chi connectivity index (χ1) is 11.9.